The fraction of sp³-hybridized carbons (Fsp3) is 0.227. The van der Waals surface area contributed by atoms with Gasteiger partial charge >= 0.3 is 0 Å². The third kappa shape index (κ3) is 3.54. The number of rotatable bonds is 5. The molecule has 4 aromatic rings. The van der Waals surface area contributed by atoms with Gasteiger partial charge in [-0.25, -0.2) is 9.97 Å². The highest BCUT2D eigenvalue weighted by atomic mass is 32.1. The first-order valence-electron chi connectivity index (χ1n) is 9.27. The number of aryl methyl sites for hydroxylation is 2. The Bertz CT molecular complexity index is 1090. The van der Waals surface area contributed by atoms with Crippen molar-refractivity contribution < 1.29 is 0 Å². The minimum absolute atomic E-state index is 0.242. The molecular weight excluding hydrogens is 366 g/mol. The number of thiophene rings is 1. The van der Waals surface area contributed by atoms with Gasteiger partial charge in [0.2, 0.25) is 0 Å². The second-order valence-electron chi connectivity index (χ2n) is 7.01. The maximum atomic E-state index is 6.64. The van der Waals surface area contributed by atoms with Crippen LogP contribution in [-0.2, 0) is 6.42 Å². The van der Waals surface area contributed by atoms with E-state index in [2.05, 4.69) is 31.0 Å². The topological polar surface area (TPSA) is 90.7 Å². The molecule has 0 saturated heterocycles. The molecule has 1 aromatic carbocycles. The van der Waals surface area contributed by atoms with E-state index in [4.69, 9.17) is 21.4 Å². The SMILES string of the molecule is Cc1sc2c(C(N)C(N)Cc3ccccc3)nc(-c3ccncc3)nc2c1C. The van der Waals surface area contributed by atoms with E-state index in [1.807, 2.05) is 30.3 Å². The van der Waals surface area contributed by atoms with E-state index >= 15 is 0 Å². The quantitative estimate of drug-likeness (QED) is 0.539. The van der Waals surface area contributed by atoms with Gasteiger partial charge in [-0.3, -0.25) is 4.98 Å². The van der Waals surface area contributed by atoms with Crippen LogP contribution < -0.4 is 11.5 Å². The van der Waals surface area contributed by atoms with Gasteiger partial charge < -0.3 is 11.5 Å². The van der Waals surface area contributed by atoms with Gasteiger partial charge in [0, 0.05) is 28.9 Å². The Labute approximate surface area is 168 Å². The number of benzene rings is 1. The Morgan fingerprint density at radius 2 is 1.68 bits per heavy atom. The van der Waals surface area contributed by atoms with Crippen molar-refractivity contribution in [2.24, 2.45) is 11.5 Å². The van der Waals surface area contributed by atoms with Gasteiger partial charge in [0.15, 0.2) is 5.82 Å². The summed E-state index contributed by atoms with van der Waals surface area (Å²) in [5, 5.41) is 0. The number of fused-ring (bicyclic) bond motifs is 1. The van der Waals surface area contributed by atoms with E-state index in [9.17, 15) is 0 Å². The van der Waals surface area contributed by atoms with Crippen molar-refractivity contribution in [2.45, 2.75) is 32.4 Å². The minimum Gasteiger partial charge on any atom is -0.326 e. The molecule has 4 N–H and O–H groups in total. The molecule has 0 fully saturated rings. The van der Waals surface area contributed by atoms with Gasteiger partial charge in [0.1, 0.15) is 0 Å². The molecule has 0 aliphatic heterocycles. The zero-order chi connectivity index (χ0) is 19.7. The largest absolute Gasteiger partial charge is 0.326 e. The van der Waals surface area contributed by atoms with Gasteiger partial charge in [-0.2, -0.15) is 0 Å². The summed E-state index contributed by atoms with van der Waals surface area (Å²) in [4.78, 5) is 15.0. The smallest absolute Gasteiger partial charge is 0.160 e. The summed E-state index contributed by atoms with van der Waals surface area (Å²) in [6, 6.07) is 13.4. The molecule has 0 saturated carbocycles. The number of nitrogens with two attached hydrogens (primary N) is 2. The number of aromatic nitrogens is 3. The van der Waals surface area contributed by atoms with Crippen LogP contribution in [0.1, 0.15) is 27.7 Å². The lowest BCUT2D eigenvalue weighted by molar-refractivity contribution is 0.537. The lowest BCUT2D eigenvalue weighted by atomic mass is 9.98. The van der Waals surface area contributed by atoms with Crippen molar-refractivity contribution in [1.29, 1.82) is 0 Å². The van der Waals surface area contributed by atoms with Gasteiger partial charge in [-0.1, -0.05) is 30.3 Å². The molecule has 0 radical (unpaired) electrons. The van der Waals surface area contributed by atoms with Gasteiger partial charge in [-0.05, 0) is 43.5 Å². The first-order chi connectivity index (χ1) is 13.5. The lowest BCUT2D eigenvalue weighted by Gasteiger charge is -2.20. The first kappa shape index (κ1) is 18.7. The second-order valence-corrected chi connectivity index (χ2v) is 8.23. The minimum atomic E-state index is -0.385. The number of hydrogen-bond acceptors (Lipinski definition) is 6. The fourth-order valence-corrected chi connectivity index (χ4v) is 4.43. The molecule has 142 valence electrons. The summed E-state index contributed by atoms with van der Waals surface area (Å²) in [5.41, 5.74) is 18.2. The number of hydrogen-bond donors (Lipinski definition) is 2. The average molecular weight is 390 g/mol. The first-order valence-corrected chi connectivity index (χ1v) is 10.1. The van der Waals surface area contributed by atoms with Crippen molar-refractivity contribution in [2.75, 3.05) is 0 Å². The van der Waals surface area contributed by atoms with Crippen LogP contribution >= 0.6 is 11.3 Å². The maximum absolute atomic E-state index is 6.64. The van der Waals surface area contributed by atoms with Crippen LogP contribution in [0.3, 0.4) is 0 Å². The van der Waals surface area contributed by atoms with Crippen molar-refractivity contribution in [3.63, 3.8) is 0 Å². The molecule has 4 rings (SSSR count). The predicted molar refractivity (Wildman–Crippen MR) is 115 cm³/mol. The summed E-state index contributed by atoms with van der Waals surface area (Å²) in [7, 11) is 0. The zero-order valence-corrected chi connectivity index (χ0v) is 16.8. The third-order valence-electron chi connectivity index (χ3n) is 5.06. The van der Waals surface area contributed by atoms with Gasteiger partial charge in [0.25, 0.3) is 0 Å². The molecule has 3 heterocycles. The monoisotopic (exact) mass is 389 g/mol. The molecule has 0 aliphatic carbocycles. The van der Waals surface area contributed by atoms with E-state index in [0.29, 0.717) is 12.2 Å². The van der Waals surface area contributed by atoms with Crippen molar-refractivity contribution in [1.82, 2.24) is 15.0 Å². The van der Waals surface area contributed by atoms with Crippen LogP contribution in [0, 0.1) is 13.8 Å². The van der Waals surface area contributed by atoms with Crippen LogP contribution in [0.5, 0.6) is 0 Å². The second kappa shape index (κ2) is 7.75. The molecule has 28 heavy (non-hydrogen) atoms. The van der Waals surface area contributed by atoms with Crippen LogP contribution in [0.2, 0.25) is 0 Å². The van der Waals surface area contributed by atoms with E-state index in [1.165, 1.54) is 16.0 Å². The highest BCUT2D eigenvalue weighted by Crippen LogP contribution is 2.35. The summed E-state index contributed by atoms with van der Waals surface area (Å²) in [6.45, 7) is 4.20. The Morgan fingerprint density at radius 3 is 2.39 bits per heavy atom. The van der Waals surface area contributed by atoms with E-state index < -0.39 is 0 Å². The van der Waals surface area contributed by atoms with Crippen molar-refractivity contribution in [3.05, 3.63) is 76.6 Å². The third-order valence-corrected chi connectivity index (χ3v) is 6.28. The standard InChI is InChI=1S/C22H23N5S/c1-13-14(2)28-21-19(13)26-22(16-8-10-25-11-9-16)27-20(21)18(24)17(23)12-15-6-4-3-5-7-15/h3-11,17-18H,12,23-24H2,1-2H3. The molecule has 0 aliphatic rings. The molecule has 6 heteroatoms. The molecule has 0 spiro atoms. The molecule has 0 bridgehead atoms. The molecule has 2 atom stereocenters. The number of nitrogens with zero attached hydrogens (tertiary/aromatic N) is 3. The van der Waals surface area contributed by atoms with Gasteiger partial charge in [0.05, 0.1) is 22.0 Å². The fourth-order valence-electron chi connectivity index (χ4n) is 3.29. The summed E-state index contributed by atoms with van der Waals surface area (Å²) in [5.74, 6) is 0.660. The molecule has 5 nitrogen and oxygen atoms in total. The van der Waals surface area contributed by atoms with Crippen LogP contribution in [0.4, 0.5) is 0 Å². The van der Waals surface area contributed by atoms with Crippen LogP contribution in [0.25, 0.3) is 21.6 Å². The Morgan fingerprint density at radius 1 is 0.964 bits per heavy atom. The number of pyridine rings is 1. The van der Waals surface area contributed by atoms with Crippen LogP contribution in [-0.4, -0.2) is 21.0 Å². The Hall–Kier alpha value is -2.67. The Balaban J connectivity index is 1.79. The van der Waals surface area contributed by atoms with Crippen molar-refractivity contribution >= 4 is 21.6 Å². The molecule has 3 aromatic heterocycles. The highest BCUT2D eigenvalue weighted by Gasteiger charge is 2.24. The maximum Gasteiger partial charge on any atom is 0.160 e. The average Bonchev–Trinajstić information content (AvgIpc) is 3.02. The summed E-state index contributed by atoms with van der Waals surface area (Å²) >= 11 is 1.69. The highest BCUT2D eigenvalue weighted by molar-refractivity contribution is 7.19. The summed E-state index contributed by atoms with van der Waals surface area (Å²) in [6.07, 6.45) is 4.19. The predicted octanol–water partition coefficient (Wildman–Crippen LogP) is 3.94. The normalized spacial score (nSPS) is 13.6. The summed E-state index contributed by atoms with van der Waals surface area (Å²) < 4.78 is 1.03. The lowest BCUT2D eigenvalue weighted by Crippen LogP contribution is -2.36. The van der Waals surface area contributed by atoms with Gasteiger partial charge in [-0.15, -0.1) is 11.3 Å². The van der Waals surface area contributed by atoms with E-state index in [0.717, 1.165) is 21.5 Å². The molecule has 0 amide bonds. The zero-order valence-electron chi connectivity index (χ0n) is 16.0. The Kier molecular flexibility index (Phi) is 5.17. The van der Waals surface area contributed by atoms with Crippen molar-refractivity contribution in [3.8, 4) is 11.4 Å². The molecular formula is C22H23N5S. The van der Waals surface area contributed by atoms with E-state index in [-0.39, 0.29) is 12.1 Å². The van der Waals surface area contributed by atoms with E-state index in [1.54, 1.807) is 23.7 Å². The molecule has 2 unspecified atom stereocenters. The van der Waals surface area contributed by atoms with Crippen LogP contribution in [0.15, 0.2) is 54.9 Å².